The lowest BCUT2D eigenvalue weighted by Crippen LogP contribution is -2.33. The van der Waals surface area contributed by atoms with Gasteiger partial charge in [-0.3, -0.25) is 4.79 Å². The first-order valence-corrected chi connectivity index (χ1v) is 4.91. The summed E-state index contributed by atoms with van der Waals surface area (Å²) in [6.45, 7) is 4.96. The van der Waals surface area contributed by atoms with Crippen molar-refractivity contribution in [3.05, 3.63) is 17.0 Å². The Morgan fingerprint density at radius 3 is 2.56 bits per heavy atom. The normalized spacial score (nSPS) is 9.75. The zero-order valence-electron chi connectivity index (χ0n) is 10.0. The monoisotopic (exact) mass is 247 g/mol. The number of carbonyl (C=O) groups is 1. The molecule has 0 aliphatic carbocycles. The van der Waals surface area contributed by atoms with Gasteiger partial charge in [0.05, 0.1) is 5.69 Å². The van der Waals surface area contributed by atoms with Crippen molar-refractivity contribution in [3.63, 3.8) is 0 Å². The zero-order chi connectivity index (χ0) is 11.4. The van der Waals surface area contributed by atoms with Gasteiger partial charge in [0.25, 0.3) is 5.91 Å². The summed E-state index contributed by atoms with van der Waals surface area (Å²) in [7, 11) is 3.62. The van der Waals surface area contributed by atoms with Gasteiger partial charge in [-0.1, -0.05) is 5.16 Å². The zero-order valence-corrected chi connectivity index (χ0v) is 10.8. The molecule has 0 aromatic carbocycles. The van der Waals surface area contributed by atoms with Crippen molar-refractivity contribution in [2.45, 2.75) is 13.8 Å². The molecule has 1 N–H and O–H groups in total. The van der Waals surface area contributed by atoms with Crippen LogP contribution in [0.25, 0.3) is 0 Å². The molecular formula is C10H18ClN3O2. The smallest absolute Gasteiger partial charge is 0.259 e. The van der Waals surface area contributed by atoms with Gasteiger partial charge in [-0.25, -0.2) is 0 Å². The Kier molecular flexibility index (Phi) is 6.06. The van der Waals surface area contributed by atoms with Crippen molar-refractivity contribution >= 4 is 18.3 Å². The van der Waals surface area contributed by atoms with Crippen LogP contribution in [0, 0.1) is 13.8 Å². The highest BCUT2D eigenvalue weighted by Crippen LogP contribution is 2.13. The molecule has 0 aliphatic heterocycles. The number of nitrogens with one attached hydrogen (secondary N) is 1. The van der Waals surface area contributed by atoms with Crippen LogP contribution in [-0.4, -0.2) is 43.1 Å². The first-order chi connectivity index (χ1) is 7.07. The first kappa shape index (κ1) is 14.9. The summed E-state index contributed by atoms with van der Waals surface area (Å²) in [6, 6.07) is 0. The summed E-state index contributed by atoms with van der Waals surface area (Å²) in [5.41, 5.74) is 1.22. The van der Waals surface area contributed by atoms with E-state index in [0.29, 0.717) is 23.6 Å². The second-order valence-corrected chi connectivity index (χ2v) is 3.53. The second kappa shape index (κ2) is 6.50. The molecule has 0 aliphatic rings. The summed E-state index contributed by atoms with van der Waals surface area (Å²) in [6.07, 6.45) is 0. The molecule has 6 heteroatoms. The summed E-state index contributed by atoms with van der Waals surface area (Å²) in [4.78, 5) is 13.6. The molecular weight excluding hydrogens is 230 g/mol. The van der Waals surface area contributed by atoms with Gasteiger partial charge in [0.1, 0.15) is 11.3 Å². The van der Waals surface area contributed by atoms with Crippen LogP contribution in [0.3, 0.4) is 0 Å². The van der Waals surface area contributed by atoms with Crippen molar-refractivity contribution in [2.75, 3.05) is 27.2 Å². The quantitative estimate of drug-likeness (QED) is 0.863. The van der Waals surface area contributed by atoms with Gasteiger partial charge in [0, 0.05) is 20.1 Å². The average Bonchev–Trinajstić information content (AvgIpc) is 2.54. The number of rotatable bonds is 4. The maximum absolute atomic E-state index is 12.0. The van der Waals surface area contributed by atoms with Crippen LogP contribution in [0.4, 0.5) is 0 Å². The Bertz CT molecular complexity index is 332. The minimum absolute atomic E-state index is 0. The van der Waals surface area contributed by atoms with Crippen molar-refractivity contribution in [1.82, 2.24) is 15.4 Å². The third-order valence-corrected chi connectivity index (χ3v) is 2.29. The number of hydrogen-bond donors (Lipinski definition) is 1. The van der Waals surface area contributed by atoms with E-state index in [1.54, 1.807) is 25.8 Å². The Hall–Kier alpha value is -1.07. The topological polar surface area (TPSA) is 58.4 Å². The molecule has 0 unspecified atom stereocenters. The van der Waals surface area contributed by atoms with E-state index in [1.165, 1.54) is 0 Å². The fourth-order valence-electron chi connectivity index (χ4n) is 1.36. The van der Waals surface area contributed by atoms with Crippen molar-refractivity contribution in [2.24, 2.45) is 0 Å². The van der Waals surface area contributed by atoms with E-state index in [-0.39, 0.29) is 18.3 Å². The summed E-state index contributed by atoms with van der Waals surface area (Å²) >= 11 is 0. The fraction of sp³-hybridized carbons (Fsp3) is 0.600. The van der Waals surface area contributed by atoms with Crippen LogP contribution >= 0.6 is 12.4 Å². The predicted octanol–water partition coefficient (Wildman–Crippen LogP) is 1.00. The number of halogens is 1. The SMILES string of the molecule is CNCCN(C)C(=O)c1c(C)noc1C.Cl. The molecule has 1 rings (SSSR count). The maximum Gasteiger partial charge on any atom is 0.259 e. The molecule has 1 aromatic heterocycles. The van der Waals surface area contributed by atoms with Crippen LogP contribution in [0.2, 0.25) is 0 Å². The van der Waals surface area contributed by atoms with Crippen molar-refractivity contribution in [1.29, 1.82) is 0 Å². The minimum atomic E-state index is -0.0403. The van der Waals surface area contributed by atoms with E-state index < -0.39 is 0 Å². The Labute approximate surface area is 102 Å². The third-order valence-electron chi connectivity index (χ3n) is 2.29. The molecule has 0 saturated carbocycles. The van der Waals surface area contributed by atoms with E-state index in [1.807, 2.05) is 7.05 Å². The molecule has 1 amide bonds. The predicted molar refractivity (Wildman–Crippen MR) is 64.1 cm³/mol. The number of carbonyl (C=O) groups excluding carboxylic acids is 1. The molecule has 0 radical (unpaired) electrons. The van der Waals surface area contributed by atoms with E-state index in [2.05, 4.69) is 10.5 Å². The Morgan fingerprint density at radius 1 is 1.50 bits per heavy atom. The van der Waals surface area contributed by atoms with Crippen LogP contribution in [-0.2, 0) is 0 Å². The average molecular weight is 248 g/mol. The molecule has 5 nitrogen and oxygen atoms in total. The largest absolute Gasteiger partial charge is 0.361 e. The van der Waals surface area contributed by atoms with Gasteiger partial charge in [-0.05, 0) is 20.9 Å². The van der Waals surface area contributed by atoms with Crippen LogP contribution in [0.1, 0.15) is 21.8 Å². The standard InChI is InChI=1S/C10H17N3O2.ClH/c1-7-9(8(2)15-12-7)10(14)13(4)6-5-11-3;/h11H,5-6H2,1-4H3;1H. The van der Waals surface area contributed by atoms with Crippen LogP contribution < -0.4 is 5.32 Å². The molecule has 0 saturated heterocycles. The lowest BCUT2D eigenvalue weighted by Gasteiger charge is -2.16. The molecule has 0 spiro atoms. The van der Waals surface area contributed by atoms with Gasteiger partial charge in [-0.15, -0.1) is 12.4 Å². The lowest BCUT2D eigenvalue weighted by atomic mass is 10.2. The van der Waals surface area contributed by atoms with Crippen molar-refractivity contribution < 1.29 is 9.32 Å². The van der Waals surface area contributed by atoms with Gasteiger partial charge < -0.3 is 14.7 Å². The first-order valence-electron chi connectivity index (χ1n) is 4.91. The number of hydrogen-bond acceptors (Lipinski definition) is 4. The van der Waals surface area contributed by atoms with Crippen LogP contribution in [0.15, 0.2) is 4.52 Å². The number of nitrogens with zero attached hydrogens (tertiary/aromatic N) is 2. The molecule has 0 fully saturated rings. The van der Waals surface area contributed by atoms with Gasteiger partial charge in [0.15, 0.2) is 0 Å². The molecule has 92 valence electrons. The highest BCUT2D eigenvalue weighted by molar-refractivity contribution is 5.95. The Morgan fingerprint density at radius 2 is 2.12 bits per heavy atom. The number of aromatic nitrogens is 1. The van der Waals surface area contributed by atoms with E-state index >= 15 is 0 Å². The maximum atomic E-state index is 12.0. The van der Waals surface area contributed by atoms with E-state index in [9.17, 15) is 4.79 Å². The van der Waals surface area contributed by atoms with Crippen molar-refractivity contribution in [3.8, 4) is 0 Å². The van der Waals surface area contributed by atoms with Gasteiger partial charge in [-0.2, -0.15) is 0 Å². The molecule has 16 heavy (non-hydrogen) atoms. The second-order valence-electron chi connectivity index (χ2n) is 3.53. The minimum Gasteiger partial charge on any atom is -0.361 e. The summed E-state index contributed by atoms with van der Waals surface area (Å²) in [5, 5.41) is 6.76. The number of likely N-dealkylation sites (N-methyl/N-ethyl adjacent to an activating group) is 2. The van der Waals surface area contributed by atoms with Gasteiger partial charge in [0.2, 0.25) is 0 Å². The number of aryl methyl sites for hydroxylation is 2. The third kappa shape index (κ3) is 3.21. The lowest BCUT2D eigenvalue weighted by molar-refractivity contribution is 0.0794. The fourth-order valence-corrected chi connectivity index (χ4v) is 1.36. The van der Waals surface area contributed by atoms with E-state index in [0.717, 1.165) is 6.54 Å². The van der Waals surface area contributed by atoms with Gasteiger partial charge >= 0.3 is 0 Å². The number of amides is 1. The molecule has 1 heterocycles. The van der Waals surface area contributed by atoms with Crippen LogP contribution in [0.5, 0.6) is 0 Å². The highest BCUT2D eigenvalue weighted by Gasteiger charge is 2.20. The summed E-state index contributed by atoms with van der Waals surface area (Å²) < 4.78 is 4.96. The molecule has 0 atom stereocenters. The summed E-state index contributed by atoms with van der Waals surface area (Å²) in [5.74, 6) is 0.537. The molecule has 1 aromatic rings. The van der Waals surface area contributed by atoms with E-state index in [4.69, 9.17) is 4.52 Å². The Balaban J connectivity index is 0.00000225. The molecule has 0 bridgehead atoms. The highest BCUT2D eigenvalue weighted by atomic mass is 35.5.